The summed E-state index contributed by atoms with van der Waals surface area (Å²) < 4.78 is 8.81. The normalized spacial score (nSPS) is 11.3. The lowest BCUT2D eigenvalue weighted by atomic mass is 10.1. The fourth-order valence-electron chi connectivity index (χ4n) is 2.89. The SMILES string of the molecule is ClCCCc1[o+]c(-c2ccccc2)cc2c1sc1ccccc12. The van der Waals surface area contributed by atoms with Crippen molar-refractivity contribution in [2.24, 2.45) is 0 Å². The molecule has 2 heterocycles. The summed E-state index contributed by atoms with van der Waals surface area (Å²) in [5, 5.41) is 2.58. The Hall–Kier alpha value is -1.90. The molecular formula is C20H16ClOS+. The molecule has 0 aliphatic heterocycles. The topological polar surface area (TPSA) is 11.3 Å². The molecule has 2 aromatic carbocycles. The van der Waals surface area contributed by atoms with E-state index in [1.54, 1.807) is 11.3 Å². The molecule has 0 N–H and O–H groups in total. The van der Waals surface area contributed by atoms with Crippen molar-refractivity contribution in [2.45, 2.75) is 12.8 Å². The number of fused-ring (bicyclic) bond motifs is 3. The Morgan fingerprint density at radius 1 is 0.913 bits per heavy atom. The van der Waals surface area contributed by atoms with Crippen LogP contribution in [0, 0.1) is 0 Å². The zero-order valence-corrected chi connectivity index (χ0v) is 14.2. The third-order valence-corrected chi connectivity index (χ3v) is 5.49. The number of thiophene rings is 1. The maximum atomic E-state index is 6.26. The Kier molecular flexibility index (Phi) is 4.02. The highest BCUT2D eigenvalue weighted by molar-refractivity contribution is 7.26. The Labute approximate surface area is 144 Å². The molecule has 0 amide bonds. The van der Waals surface area contributed by atoms with Crippen LogP contribution in [0.2, 0.25) is 0 Å². The predicted octanol–water partition coefficient (Wildman–Crippen LogP) is 6.77. The number of hydrogen-bond donors (Lipinski definition) is 0. The molecule has 0 fully saturated rings. The smallest absolute Gasteiger partial charge is 0.211 e. The number of hydrogen-bond acceptors (Lipinski definition) is 1. The van der Waals surface area contributed by atoms with Gasteiger partial charge in [-0.2, -0.15) is 0 Å². The first-order valence-electron chi connectivity index (χ1n) is 7.75. The van der Waals surface area contributed by atoms with Crippen LogP contribution in [-0.4, -0.2) is 5.88 Å². The summed E-state index contributed by atoms with van der Waals surface area (Å²) in [5.41, 5.74) is 1.11. The van der Waals surface area contributed by atoms with Crippen molar-refractivity contribution in [1.82, 2.24) is 0 Å². The van der Waals surface area contributed by atoms with Crippen molar-refractivity contribution < 1.29 is 4.42 Å². The molecule has 2 aromatic heterocycles. The number of benzene rings is 2. The summed E-state index contributed by atoms with van der Waals surface area (Å²) in [6, 6.07) is 21.0. The molecule has 4 rings (SSSR count). The summed E-state index contributed by atoms with van der Waals surface area (Å²) in [5.74, 6) is 2.62. The van der Waals surface area contributed by atoms with Gasteiger partial charge in [0.05, 0.1) is 18.1 Å². The van der Waals surface area contributed by atoms with E-state index < -0.39 is 0 Å². The molecule has 0 spiro atoms. The molecule has 0 atom stereocenters. The van der Waals surface area contributed by atoms with E-state index in [1.165, 1.54) is 20.2 Å². The quantitative estimate of drug-likeness (QED) is 0.295. The summed E-state index contributed by atoms with van der Waals surface area (Å²) in [6.07, 6.45) is 1.79. The van der Waals surface area contributed by atoms with Crippen LogP contribution in [0.15, 0.2) is 65.1 Å². The van der Waals surface area contributed by atoms with Crippen LogP contribution < -0.4 is 0 Å². The van der Waals surface area contributed by atoms with Gasteiger partial charge >= 0.3 is 11.5 Å². The van der Waals surface area contributed by atoms with Crippen molar-refractivity contribution in [2.75, 3.05) is 5.88 Å². The molecule has 0 bridgehead atoms. The third kappa shape index (κ3) is 2.73. The van der Waals surface area contributed by atoms with Crippen LogP contribution in [-0.2, 0) is 6.42 Å². The zero-order chi connectivity index (χ0) is 15.6. The average molecular weight is 340 g/mol. The van der Waals surface area contributed by atoms with Crippen LogP contribution in [0.1, 0.15) is 12.2 Å². The predicted molar refractivity (Wildman–Crippen MR) is 100 cm³/mol. The molecule has 0 saturated heterocycles. The first kappa shape index (κ1) is 14.7. The highest BCUT2D eigenvalue weighted by Gasteiger charge is 2.23. The Morgan fingerprint density at radius 3 is 2.52 bits per heavy atom. The van der Waals surface area contributed by atoms with Crippen LogP contribution in [0.5, 0.6) is 0 Å². The van der Waals surface area contributed by atoms with Crippen LogP contribution in [0.25, 0.3) is 31.5 Å². The maximum absolute atomic E-state index is 6.26. The largest absolute Gasteiger partial charge is 0.360 e. The summed E-state index contributed by atoms with van der Waals surface area (Å²) in [4.78, 5) is 0. The minimum absolute atomic E-state index is 0.650. The first-order chi connectivity index (χ1) is 11.4. The molecule has 0 saturated carbocycles. The number of aryl methyl sites for hydroxylation is 1. The molecule has 23 heavy (non-hydrogen) atoms. The highest BCUT2D eigenvalue weighted by atomic mass is 35.5. The standard InChI is InChI=1S/C20H16ClOS/c21-12-6-10-17-20-16(15-9-4-5-11-19(15)23-20)13-18(22-17)14-7-2-1-3-8-14/h1-5,7-9,11,13H,6,10,12H2/q+1. The average Bonchev–Trinajstić information content (AvgIpc) is 2.99. The van der Waals surface area contributed by atoms with Gasteiger partial charge in [0, 0.05) is 21.4 Å². The fourth-order valence-corrected chi connectivity index (χ4v) is 4.22. The fraction of sp³-hybridized carbons (Fsp3) is 0.150. The molecule has 1 nitrogen and oxygen atoms in total. The van der Waals surface area contributed by atoms with Gasteiger partial charge in [0.15, 0.2) is 0 Å². The van der Waals surface area contributed by atoms with Gasteiger partial charge in [-0.1, -0.05) is 36.4 Å². The van der Waals surface area contributed by atoms with Gasteiger partial charge in [-0.25, -0.2) is 4.42 Å². The monoisotopic (exact) mass is 339 g/mol. The van der Waals surface area contributed by atoms with Gasteiger partial charge in [0.2, 0.25) is 0 Å². The van der Waals surface area contributed by atoms with E-state index in [9.17, 15) is 0 Å². The Bertz CT molecular complexity index is 959. The lowest BCUT2D eigenvalue weighted by Gasteiger charge is -1.96. The molecule has 0 aliphatic carbocycles. The van der Waals surface area contributed by atoms with E-state index in [1.807, 2.05) is 18.2 Å². The van der Waals surface area contributed by atoms with Crippen LogP contribution in [0.3, 0.4) is 0 Å². The molecule has 0 unspecified atom stereocenters. The van der Waals surface area contributed by atoms with E-state index in [4.69, 9.17) is 16.0 Å². The van der Waals surface area contributed by atoms with Crippen LogP contribution in [0.4, 0.5) is 0 Å². The van der Waals surface area contributed by atoms with Gasteiger partial charge in [0.1, 0.15) is 4.70 Å². The second-order valence-electron chi connectivity index (χ2n) is 5.53. The van der Waals surface area contributed by atoms with E-state index in [0.29, 0.717) is 5.88 Å². The van der Waals surface area contributed by atoms with Gasteiger partial charge in [-0.15, -0.1) is 22.9 Å². The number of halogens is 1. The zero-order valence-electron chi connectivity index (χ0n) is 12.6. The third-order valence-electron chi connectivity index (χ3n) is 3.99. The highest BCUT2D eigenvalue weighted by Crippen LogP contribution is 2.39. The van der Waals surface area contributed by atoms with Crippen molar-refractivity contribution in [1.29, 1.82) is 0 Å². The Balaban J connectivity index is 1.99. The molecule has 114 valence electrons. The van der Waals surface area contributed by atoms with Gasteiger partial charge in [0.25, 0.3) is 0 Å². The van der Waals surface area contributed by atoms with E-state index in [2.05, 4.69) is 42.5 Å². The lowest BCUT2D eigenvalue weighted by Crippen LogP contribution is -1.89. The molecule has 3 heteroatoms. The number of alkyl halides is 1. The van der Waals surface area contributed by atoms with Crippen molar-refractivity contribution in [3.8, 4) is 11.3 Å². The molecule has 4 aromatic rings. The van der Waals surface area contributed by atoms with Crippen LogP contribution >= 0.6 is 22.9 Å². The minimum atomic E-state index is 0.650. The molecule has 0 aliphatic rings. The second kappa shape index (κ2) is 6.31. The van der Waals surface area contributed by atoms with Gasteiger partial charge in [-0.3, -0.25) is 0 Å². The van der Waals surface area contributed by atoms with Crippen molar-refractivity contribution >= 4 is 43.1 Å². The van der Waals surface area contributed by atoms with E-state index >= 15 is 0 Å². The van der Waals surface area contributed by atoms with E-state index in [0.717, 1.165) is 29.9 Å². The number of rotatable bonds is 4. The molecular weight excluding hydrogens is 324 g/mol. The minimum Gasteiger partial charge on any atom is -0.211 e. The van der Waals surface area contributed by atoms with Gasteiger partial charge < -0.3 is 0 Å². The summed E-state index contributed by atoms with van der Waals surface area (Å²) in [7, 11) is 0. The maximum Gasteiger partial charge on any atom is 0.360 e. The van der Waals surface area contributed by atoms with Crippen molar-refractivity contribution in [3.63, 3.8) is 0 Å². The van der Waals surface area contributed by atoms with Crippen molar-refractivity contribution in [3.05, 3.63) is 66.4 Å². The Morgan fingerprint density at radius 2 is 1.70 bits per heavy atom. The summed E-state index contributed by atoms with van der Waals surface area (Å²) in [6.45, 7) is 0. The second-order valence-corrected chi connectivity index (χ2v) is 6.96. The summed E-state index contributed by atoms with van der Waals surface area (Å²) >= 11 is 7.71. The van der Waals surface area contributed by atoms with Gasteiger partial charge in [-0.05, 0) is 24.6 Å². The van der Waals surface area contributed by atoms with E-state index in [-0.39, 0.29) is 0 Å². The lowest BCUT2D eigenvalue weighted by molar-refractivity contribution is 0.513. The first-order valence-corrected chi connectivity index (χ1v) is 9.10. The molecule has 0 radical (unpaired) electrons.